The second-order valence-corrected chi connectivity index (χ2v) is 4.62. The maximum absolute atomic E-state index is 11.8. The van der Waals surface area contributed by atoms with Crippen LogP contribution in [0.3, 0.4) is 0 Å². The predicted molar refractivity (Wildman–Crippen MR) is 66.3 cm³/mol. The number of nitrogens with zero attached hydrogens (tertiary/aromatic N) is 4. The number of aromatic amines is 1. The van der Waals surface area contributed by atoms with E-state index in [-0.39, 0.29) is 5.56 Å². The van der Waals surface area contributed by atoms with Gasteiger partial charge in [0, 0.05) is 31.7 Å². The van der Waals surface area contributed by atoms with Crippen LogP contribution >= 0.6 is 0 Å². The summed E-state index contributed by atoms with van der Waals surface area (Å²) in [5.41, 5.74) is 0.667. The number of likely N-dealkylation sites (tertiary alicyclic amines) is 1. The fourth-order valence-corrected chi connectivity index (χ4v) is 2.39. The van der Waals surface area contributed by atoms with E-state index in [2.05, 4.69) is 25.3 Å². The van der Waals surface area contributed by atoms with Crippen molar-refractivity contribution < 1.29 is 0 Å². The SMILES string of the molecule is CNC1CCN(Cc2cc(=O)n3[nH]cnc3n2)C1. The average molecular weight is 248 g/mol. The molecule has 1 aliphatic rings. The van der Waals surface area contributed by atoms with Crippen LogP contribution in [0.4, 0.5) is 0 Å². The molecule has 0 amide bonds. The van der Waals surface area contributed by atoms with Gasteiger partial charge in [-0.15, -0.1) is 0 Å². The van der Waals surface area contributed by atoms with Gasteiger partial charge in [-0.25, -0.2) is 9.97 Å². The van der Waals surface area contributed by atoms with Gasteiger partial charge in [-0.2, -0.15) is 4.52 Å². The molecule has 3 rings (SSSR count). The van der Waals surface area contributed by atoms with Crippen molar-refractivity contribution in [2.45, 2.75) is 19.0 Å². The van der Waals surface area contributed by atoms with Gasteiger partial charge in [0.05, 0.1) is 5.69 Å². The number of aromatic nitrogens is 4. The number of hydrogen-bond donors (Lipinski definition) is 2. The molecule has 2 aromatic rings. The van der Waals surface area contributed by atoms with Crippen LogP contribution < -0.4 is 10.9 Å². The smallest absolute Gasteiger partial charge is 0.274 e. The normalized spacial score (nSPS) is 20.8. The number of rotatable bonds is 3. The van der Waals surface area contributed by atoms with Gasteiger partial charge in [0.25, 0.3) is 11.3 Å². The van der Waals surface area contributed by atoms with Crippen molar-refractivity contribution in [2.24, 2.45) is 0 Å². The molecule has 1 atom stereocenters. The molecule has 0 bridgehead atoms. The number of nitrogens with one attached hydrogen (secondary N) is 2. The lowest BCUT2D eigenvalue weighted by Crippen LogP contribution is -2.30. The van der Waals surface area contributed by atoms with Crippen molar-refractivity contribution in [3.05, 3.63) is 28.4 Å². The zero-order valence-electron chi connectivity index (χ0n) is 10.3. The maximum Gasteiger partial charge on any atom is 0.274 e. The van der Waals surface area contributed by atoms with Crippen LogP contribution in [0.15, 0.2) is 17.2 Å². The summed E-state index contributed by atoms with van der Waals surface area (Å²) in [5.74, 6) is 0.432. The molecule has 0 spiro atoms. The second-order valence-electron chi connectivity index (χ2n) is 4.62. The van der Waals surface area contributed by atoms with Crippen molar-refractivity contribution in [3.63, 3.8) is 0 Å². The van der Waals surface area contributed by atoms with Gasteiger partial charge < -0.3 is 5.32 Å². The number of likely N-dealkylation sites (N-methyl/N-ethyl adjacent to an activating group) is 1. The van der Waals surface area contributed by atoms with Gasteiger partial charge in [-0.05, 0) is 13.5 Å². The Morgan fingerprint density at radius 3 is 3.28 bits per heavy atom. The monoisotopic (exact) mass is 248 g/mol. The van der Waals surface area contributed by atoms with Crippen molar-refractivity contribution in [1.29, 1.82) is 0 Å². The molecule has 1 saturated heterocycles. The second kappa shape index (κ2) is 4.51. The highest BCUT2D eigenvalue weighted by Crippen LogP contribution is 2.11. The lowest BCUT2D eigenvalue weighted by Gasteiger charge is -2.14. The standard InChI is InChI=1S/C11H16N6O/c1-12-8-2-3-16(5-8)6-9-4-10(18)17-11(15-9)13-7-14-17/h4,7-8,12H,2-3,5-6H2,1H3,(H,13,14,15). The first-order valence-corrected chi connectivity index (χ1v) is 6.08. The molecule has 3 heterocycles. The van der Waals surface area contributed by atoms with Crippen molar-refractivity contribution in [1.82, 2.24) is 29.8 Å². The van der Waals surface area contributed by atoms with E-state index in [9.17, 15) is 4.79 Å². The molecular formula is C11H16N6O. The van der Waals surface area contributed by atoms with E-state index in [1.807, 2.05) is 7.05 Å². The Morgan fingerprint density at radius 2 is 2.50 bits per heavy atom. The quantitative estimate of drug-likeness (QED) is 0.744. The minimum atomic E-state index is -0.114. The summed E-state index contributed by atoms with van der Waals surface area (Å²) in [4.78, 5) is 22.5. The zero-order chi connectivity index (χ0) is 12.5. The third-order valence-corrected chi connectivity index (χ3v) is 3.39. The van der Waals surface area contributed by atoms with E-state index in [4.69, 9.17) is 0 Å². The van der Waals surface area contributed by atoms with E-state index in [1.165, 1.54) is 10.8 Å². The summed E-state index contributed by atoms with van der Waals surface area (Å²) < 4.78 is 1.34. The minimum Gasteiger partial charge on any atom is -0.316 e. The fourth-order valence-electron chi connectivity index (χ4n) is 2.39. The molecule has 2 N–H and O–H groups in total. The van der Waals surface area contributed by atoms with Crippen LogP contribution in [0.25, 0.3) is 5.78 Å². The van der Waals surface area contributed by atoms with E-state index in [0.717, 1.165) is 25.2 Å². The summed E-state index contributed by atoms with van der Waals surface area (Å²) in [5, 5.41) is 6.00. The molecule has 1 aliphatic heterocycles. The Balaban J connectivity index is 1.81. The van der Waals surface area contributed by atoms with Crippen molar-refractivity contribution >= 4 is 5.78 Å². The molecular weight excluding hydrogens is 232 g/mol. The Labute approximate surface area is 104 Å². The highest BCUT2D eigenvalue weighted by Gasteiger charge is 2.21. The topological polar surface area (TPSA) is 78.3 Å². The van der Waals surface area contributed by atoms with Crippen molar-refractivity contribution in [3.8, 4) is 0 Å². The molecule has 18 heavy (non-hydrogen) atoms. The third-order valence-electron chi connectivity index (χ3n) is 3.39. The zero-order valence-corrected chi connectivity index (χ0v) is 10.3. The van der Waals surface area contributed by atoms with Crippen LogP contribution in [0.1, 0.15) is 12.1 Å². The molecule has 2 aromatic heterocycles. The van der Waals surface area contributed by atoms with E-state index in [0.29, 0.717) is 18.4 Å². The van der Waals surface area contributed by atoms with Gasteiger partial charge in [-0.1, -0.05) is 0 Å². The van der Waals surface area contributed by atoms with Gasteiger partial charge in [-0.3, -0.25) is 14.8 Å². The molecule has 7 nitrogen and oxygen atoms in total. The maximum atomic E-state index is 11.8. The Hall–Kier alpha value is -1.73. The first-order chi connectivity index (χ1) is 8.76. The predicted octanol–water partition coefficient (Wildman–Crippen LogP) is -0.789. The summed E-state index contributed by atoms with van der Waals surface area (Å²) >= 11 is 0. The van der Waals surface area contributed by atoms with Gasteiger partial charge in [0.2, 0.25) is 0 Å². The van der Waals surface area contributed by atoms with E-state index in [1.54, 1.807) is 6.07 Å². The Kier molecular flexibility index (Phi) is 2.85. The van der Waals surface area contributed by atoms with Gasteiger partial charge >= 0.3 is 0 Å². The summed E-state index contributed by atoms with van der Waals surface area (Å²) in [6.07, 6.45) is 2.61. The lowest BCUT2D eigenvalue weighted by molar-refractivity contribution is 0.318. The van der Waals surface area contributed by atoms with Crippen molar-refractivity contribution in [2.75, 3.05) is 20.1 Å². The molecule has 0 aliphatic carbocycles. The number of hydrogen-bond acceptors (Lipinski definition) is 5. The first-order valence-electron chi connectivity index (χ1n) is 6.08. The average Bonchev–Trinajstić information content (AvgIpc) is 2.97. The summed E-state index contributed by atoms with van der Waals surface area (Å²) in [6, 6.07) is 2.11. The first kappa shape index (κ1) is 11.4. The van der Waals surface area contributed by atoms with Gasteiger partial charge in [0.15, 0.2) is 0 Å². The highest BCUT2D eigenvalue weighted by molar-refractivity contribution is 5.26. The highest BCUT2D eigenvalue weighted by atomic mass is 16.1. The van der Waals surface area contributed by atoms with E-state index < -0.39 is 0 Å². The van der Waals surface area contributed by atoms with Crippen LogP contribution in [-0.4, -0.2) is 50.7 Å². The Bertz CT molecular complexity index is 603. The van der Waals surface area contributed by atoms with Crippen LogP contribution in [0.5, 0.6) is 0 Å². The molecule has 1 fully saturated rings. The van der Waals surface area contributed by atoms with E-state index >= 15 is 0 Å². The molecule has 0 aromatic carbocycles. The largest absolute Gasteiger partial charge is 0.316 e. The number of fused-ring (bicyclic) bond motifs is 1. The minimum absolute atomic E-state index is 0.114. The molecule has 7 heteroatoms. The van der Waals surface area contributed by atoms with Crippen LogP contribution in [0, 0.1) is 0 Å². The van der Waals surface area contributed by atoms with Crippen LogP contribution in [0.2, 0.25) is 0 Å². The lowest BCUT2D eigenvalue weighted by atomic mass is 10.3. The summed E-state index contributed by atoms with van der Waals surface area (Å²) in [7, 11) is 1.98. The number of H-pyrrole nitrogens is 1. The molecule has 0 radical (unpaired) electrons. The van der Waals surface area contributed by atoms with Gasteiger partial charge in [0.1, 0.15) is 6.33 Å². The summed E-state index contributed by atoms with van der Waals surface area (Å²) in [6.45, 7) is 2.74. The molecule has 1 unspecified atom stereocenters. The third kappa shape index (κ3) is 2.02. The fraction of sp³-hybridized carbons (Fsp3) is 0.545. The molecule has 96 valence electrons. The van der Waals surface area contributed by atoms with Crippen LogP contribution in [-0.2, 0) is 6.54 Å². The molecule has 0 saturated carbocycles. The Morgan fingerprint density at radius 1 is 1.61 bits per heavy atom.